The molecule has 3 aromatic carbocycles. The van der Waals surface area contributed by atoms with Crippen LogP contribution < -0.4 is 5.32 Å². The Morgan fingerprint density at radius 2 is 1.65 bits per heavy atom. The maximum absolute atomic E-state index is 11.7. The number of hydrogen-bond donors (Lipinski definition) is 3. The molecule has 0 heterocycles. The van der Waals surface area contributed by atoms with Gasteiger partial charge in [0.2, 0.25) is 5.91 Å². The van der Waals surface area contributed by atoms with Crippen LogP contribution in [0.3, 0.4) is 0 Å². The van der Waals surface area contributed by atoms with Crippen LogP contribution in [-0.4, -0.2) is 16.1 Å². The van der Waals surface area contributed by atoms with Gasteiger partial charge in [-0.15, -0.1) is 0 Å². The number of rotatable bonds is 3. The lowest BCUT2D eigenvalue weighted by Crippen LogP contribution is -2.27. The molecule has 0 radical (unpaired) electrons. The monoisotopic (exact) mass is 307 g/mol. The van der Waals surface area contributed by atoms with Crippen LogP contribution in [0.15, 0.2) is 60.7 Å². The highest BCUT2D eigenvalue weighted by molar-refractivity contribution is 5.89. The number of carbonyl (C=O) groups excluding carboxylic acids is 1. The molecule has 3 N–H and O–H groups in total. The summed E-state index contributed by atoms with van der Waals surface area (Å²) >= 11 is 0. The van der Waals surface area contributed by atoms with Crippen LogP contribution in [0.2, 0.25) is 0 Å². The number of phenols is 2. The van der Waals surface area contributed by atoms with E-state index in [4.69, 9.17) is 0 Å². The Morgan fingerprint density at radius 3 is 2.35 bits per heavy atom. The lowest BCUT2D eigenvalue weighted by atomic mass is 9.92. The van der Waals surface area contributed by atoms with Gasteiger partial charge in [-0.1, -0.05) is 42.5 Å². The molecule has 0 aliphatic rings. The molecule has 1 unspecified atom stereocenters. The van der Waals surface area contributed by atoms with Gasteiger partial charge in [0.25, 0.3) is 0 Å². The largest absolute Gasteiger partial charge is 0.508 e. The van der Waals surface area contributed by atoms with Crippen molar-refractivity contribution < 1.29 is 15.0 Å². The van der Waals surface area contributed by atoms with Crippen LogP contribution in [0.25, 0.3) is 10.8 Å². The molecular formula is C19H17NO3. The Kier molecular flexibility index (Phi) is 3.89. The highest BCUT2D eigenvalue weighted by atomic mass is 16.3. The fourth-order valence-electron chi connectivity index (χ4n) is 2.78. The van der Waals surface area contributed by atoms with Crippen molar-refractivity contribution in [3.05, 3.63) is 71.8 Å². The maximum atomic E-state index is 11.7. The van der Waals surface area contributed by atoms with Crippen molar-refractivity contribution in [1.82, 2.24) is 5.32 Å². The quantitative estimate of drug-likeness (QED) is 0.694. The van der Waals surface area contributed by atoms with Crippen LogP contribution in [0.5, 0.6) is 11.5 Å². The van der Waals surface area contributed by atoms with Crippen molar-refractivity contribution in [3.63, 3.8) is 0 Å². The molecule has 3 aromatic rings. The summed E-state index contributed by atoms with van der Waals surface area (Å²) < 4.78 is 0. The van der Waals surface area contributed by atoms with Gasteiger partial charge >= 0.3 is 0 Å². The van der Waals surface area contributed by atoms with E-state index >= 15 is 0 Å². The number of fused-ring (bicyclic) bond motifs is 1. The second-order valence-corrected chi connectivity index (χ2v) is 5.44. The second-order valence-electron chi connectivity index (χ2n) is 5.44. The van der Waals surface area contributed by atoms with Crippen LogP contribution in [0, 0.1) is 0 Å². The first kappa shape index (κ1) is 14.9. The minimum absolute atomic E-state index is 0.121. The maximum Gasteiger partial charge on any atom is 0.217 e. The van der Waals surface area contributed by atoms with Crippen molar-refractivity contribution in [2.24, 2.45) is 0 Å². The van der Waals surface area contributed by atoms with Crippen LogP contribution >= 0.6 is 0 Å². The van der Waals surface area contributed by atoms with E-state index in [1.165, 1.54) is 6.92 Å². The lowest BCUT2D eigenvalue weighted by molar-refractivity contribution is -0.119. The number of hydrogen-bond acceptors (Lipinski definition) is 3. The molecule has 0 spiro atoms. The van der Waals surface area contributed by atoms with E-state index in [2.05, 4.69) is 5.32 Å². The minimum Gasteiger partial charge on any atom is -0.508 e. The lowest BCUT2D eigenvalue weighted by Gasteiger charge is -2.22. The summed E-state index contributed by atoms with van der Waals surface area (Å²) in [6, 6.07) is 17.3. The Balaban J connectivity index is 2.22. The zero-order valence-corrected chi connectivity index (χ0v) is 12.7. The minimum atomic E-state index is -0.501. The first-order valence-electron chi connectivity index (χ1n) is 7.33. The van der Waals surface area contributed by atoms with Gasteiger partial charge < -0.3 is 15.5 Å². The molecule has 4 nitrogen and oxygen atoms in total. The van der Waals surface area contributed by atoms with Crippen molar-refractivity contribution in [3.8, 4) is 11.5 Å². The number of amides is 1. The predicted molar refractivity (Wildman–Crippen MR) is 89.4 cm³/mol. The van der Waals surface area contributed by atoms with Gasteiger partial charge in [0.1, 0.15) is 11.5 Å². The summed E-state index contributed by atoms with van der Waals surface area (Å²) in [6.07, 6.45) is 0. The average molecular weight is 307 g/mol. The molecular weight excluding hydrogens is 290 g/mol. The number of carbonyl (C=O) groups is 1. The Bertz CT molecular complexity index is 856. The summed E-state index contributed by atoms with van der Waals surface area (Å²) in [7, 11) is 0. The Morgan fingerprint density at radius 1 is 0.957 bits per heavy atom. The zero-order chi connectivity index (χ0) is 16.4. The van der Waals surface area contributed by atoms with Gasteiger partial charge in [0.05, 0.1) is 6.04 Å². The summed E-state index contributed by atoms with van der Waals surface area (Å²) in [4.78, 5) is 11.7. The first-order chi connectivity index (χ1) is 11.1. The van der Waals surface area contributed by atoms with Gasteiger partial charge in [0, 0.05) is 12.5 Å². The van der Waals surface area contributed by atoms with E-state index in [0.29, 0.717) is 5.56 Å². The number of aromatic hydroxyl groups is 2. The topological polar surface area (TPSA) is 69.6 Å². The number of phenolic OH excluding ortho intramolecular Hbond substituents is 2. The van der Waals surface area contributed by atoms with Gasteiger partial charge in [-0.05, 0) is 34.5 Å². The highest BCUT2D eigenvalue weighted by Crippen LogP contribution is 2.36. The summed E-state index contributed by atoms with van der Waals surface area (Å²) in [5, 5.41) is 24.6. The molecule has 116 valence electrons. The van der Waals surface area contributed by atoms with Crippen molar-refractivity contribution in [2.45, 2.75) is 13.0 Å². The third kappa shape index (κ3) is 2.97. The van der Waals surface area contributed by atoms with E-state index in [1.54, 1.807) is 30.3 Å². The first-order valence-corrected chi connectivity index (χ1v) is 7.33. The molecule has 0 fully saturated rings. The SMILES string of the molecule is CC(=O)NC(c1ccc(O)cc1)c1c(O)ccc2ccccc12. The average Bonchev–Trinajstić information content (AvgIpc) is 2.54. The fraction of sp³-hybridized carbons (Fsp3) is 0.105. The summed E-state index contributed by atoms with van der Waals surface area (Å²) in [5.74, 6) is 0.0726. The Labute approximate surface area is 134 Å². The van der Waals surface area contributed by atoms with Gasteiger partial charge in [-0.3, -0.25) is 4.79 Å². The van der Waals surface area contributed by atoms with Crippen molar-refractivity contribution >= 4 is 16.7 Å². The zero-order valence-electron chi connectivity index (χ0n) is 12.7. The molecule has 0 aliphatic heterocycles. The fourth-order valence-corrected chi connectivity index (χ4v) is 2.78. The number of nitrogens with one attached hydrogen (secondary N) is 1. The number of benzene rings is 3. The van der Waals surface area contributed by atoms with Crippen LogP contribution in [0.4, 0.5) is 0 Å². The smallest absolute Gasteiger partial charge is 0.217 e. The van der Waals surface area contributed by atoms with E-state index in [-0.39, 0.29) is 17.4 Å². The van der Waals surface area contributed by atoms with Crippen LogP contribution in [-0.2, 0) is 4.79 Å². The highest BCUT2D eigenvalue weighted by Gasteiger charge is 2.21. The van der Waals surface area contributed by atoms with E-state index in [9.17, 15) is 15.0 Å². The molecule has 0 aliphatic carbocycles. The molecule has 4 heteroatoms. The molecule has 0 bridgehead atoms. The van der Waals surface area contributed by atoms with E-state index < -0.39 is 6.04 Å². The Hall–Kier alpha value is -3.01. The standard InChI is InChI=1S/C19H17NO3/c1-12(21)20-19(14-6-9-15(22)10-7-14)18-16-5-3-2-4-13(16)8-11-17(18)23/h2-11,19,22-23H,1H3,(H,20,21). The molecule has 0 saturated carbocycles. The third-order valence-electron chi connectivity index (χ3n) is 3.81. The third-order valence-corrected chi connectivity index (χ3v) is 3.81. The molecule has 1 amide bonds. The second kappa shape index (κ2) is 6.01. The van der Waals surface area contributed by atoms with E-state index in [0.717, 1.165) is 16.3 Å². The van der Waals surface area contributed by atoms with Gasteiger partial charge in [0.15, 0.2) is 0 Å². The van der Waals surface area contributed by atoms with E-state index in [1.807, 2.05) is 30.3 Å². The molecule has 23 heavy (non-hydrogen) atoms. The van der Waals surface area contributed by atoms with Gasteiger partial charge in [-0.2, -0.15) is 0 Å². The van der Waals surface area contributed by atoms with Crippen LogP contribution in [0.1, 0.15) is 24.1 Å². The molecule has 1 atom stereocenters. The summed E-state index contributed by atoms with van der Waals surface area (Å²) in [5.41, 5.74) is 1.42. The normalized spacial score (nSPS) is 12.0. The predicted octanol–water partition coefficient (Wildman–Crippen LogP) is 3.48. The molecule has 0 aromatic heterocycles. The molecule has 3 rings (SSSR count). The van der Waals surface area contributed by atoms with Crippen molar-refractivity contribution in [1.29, 1.82) is 0 Å². The summed E-state index contributed by atoms with van der Waals surface area (Å²) in [6.45, 7) is 1.44. The van der Waals surface area contributed by atoms with Gasteiger partial charge in [-0.25, -0.2) is 0 Å². The molecule has 0 saturated heterocycles. The van der Waals surface area contributed by atoms with Crippen molar-refractivity contribution in [2.75, 3.05) is 0 Å².